The fourth-order valence-corrected chi connectivity index (χ4v) is 9.07. The number of anilines is 3. The maximum atomic E-state index is 2.57. The van der Waals surface area contributed by atoms with Crippen molar-refractivity contribution in [1.29, 1.82) is 0 Å². The van der Waals surface area contributed by atoms with Gasteiger partial charge in [0.15, 0.2) is 0 Å². The minimum absolute atomic E-state index is 0.00391. The van der Waals surface area contributed by atoms with E-state index >= 15 is 0 Å². The second-order valence-electron chi connectivity index (χ2n) is 17.0. The molecule has 0 unspecified atom stereocenters. The molecule has 0 radical (unpaired) electrons. The zero-order valence-corrected chi connectivity index (χ0v) is 31.4. The van der Waals surface area contributed by atoms with Gasteiger partial charge in [0.05, 0.1) is 16.6 Å². The molecule has 0 amide bonds. The summed E-state index contributed by atoms with van der Waals surface area (Å²) in [5, 5.41) is 5.36. The maximum absolute atomic E-state index is 2.57. The molecule has 2 aromatic heterocycles. The van der Waals surface area contributed by atoms with Crippen molar-refractivity contribution in [2.24, 2.45) is 0 Å². The molecule has 1 aliphatic rings. The van der Waals surface area contributed by atoms with Gasteiger partial charge in [0, 0.05) is 38.6 Å². The molecule has 10 rings (SSSR count). The summed E-state index contributed by atoms with van der Waals surface area (Å²) >= 11 is 0. The largest absolute Gasteiger partial charge is 0.311 e. The fraction of sp³-hybridized carbons (Fsp3) is 0.160. The number of aromatic nitrogens is 1. The van der Waals surface area contributed by atoms with Gasteiger partial charge in [-0.1, -0.05) is 144 Å². The second-order valence-corrected chi connectivity index (χ2v) is 17.0. The van der Waals surface area contributed by atoms with Crippen LogP contribution < -0.4 is 21.3 Å². The van der Waals surface area contributed by atoms with Gasteiger partial charge in [0.1, 0.15) is 0 Å². The lowest BCUT2D eigenvalue weighted by molar-refractivity contribution is 0.590. The monoisotopic (exact) mass is 682 g/mol. The highest BCUT2D eigenvalue weighted by Crippen LogP contribution is 2.45. The van der Waals surface area contributed by atoms with Gasteiger partial charge >= 0.3 is 0 Å². The number of hydrogen-bond acceptors (Lipinski definition) is 1. The number of rotatable bonds is 3. The van der Waals surface area contributed by atoms with E-state index in [-0.39, 0.29) is 17.5 Å². The molecule has 0 N–H and O–H groups in total. The summed E-state index contributed by atoms with van der Waals surface area (Å²) < 4.78 is 2.57. The molecule has 0 atom stereocenters. The molecule has 3 heteroatoms. The average molecular weight is 683 g/mol. The molecule has 0 spiro atoms. The summed E-state index contributed by atoms with van der Waals surface area (Å²) in [4.78, 5) is 2.50. The van der Waals surface area contributed by atoms with Crippen LogP contribution in [0.25, 0.3) is 49.2 Å². The number of para-hydroxylation sites is 2. The summed E-state index contributed by atoms with van der Waals surface area (Å²) in [6.07, 6.45) is 0. The van der Waals surface area contributed by atoms with E-state index in [9.17, 15) is 0 Å². The Morgan fingerprint density at radius 3 is 1.81 bits per heavy atom. The van der Waals surface area contributed by atoms with Crippen molar-refractivity contribution in [3.05, 3.63) is 163 Å². The topological polar surface area (TPSA) is 7.65 Å². The molecule has 53 heavy (non-hydrogen) atoms. The SMILES string of the molecule is CC(C)(C)c1ccc2c(c1)c1cc(C(C)(C)C)cc3c4c5c(ccc4n2c13)N(c1ccccc1)c1ccccc1B5c1ccccc1-c1ccccc1. The van der Waals surface area contributed by atoms with Crippen molar-refractivity contribution in [1.82, 2.24) is 4.40 Å². The third kappa shape index (κ3) is 4.73. The Kier molecular flexibility index (Phi) is 6.83. The van der Waals surface area contributed by atoms with Crippen LogP contribution in [-0.2, 0) is 10.8 Å². The zero-order chi connectivity index (χ0) is 36.2. The van der Waals surface area contributed by atoms with Crippen LogP contribution >= 0.6 is 0 Å². The lowest BCUT2D eigenvalue weighted by Gasteiger charge is -2.38. The molecule has 9 aromatic rings. The standard InChI is InChI=1S/C50H43BN2/c1-49(2,3)33-25-26-42-37(29-33)38-30-34(50(4,5)6)31-39-46-44(53(42)48(38)39)27-28-45-47(46)51(40-22-14-13-21-36(40)32-17-9-7-10-18-32)41-23-15-16-24-43(41)52(45)35-19-11-8-12-20-35/h7-31H,1-6H3. The Balaban J connectivity index is 1.40. The predicted octanol–water partition coefficient (Wildman–Crippen LogP) is 11.4. The van der Waals surface area contributed by atoms with Crippen LogP contribution in [0, 0.1) is 0 Å². The number of nitrogens with zero attached hydrogens (tertiary/aromatic N) is 2. The highest BCUT2D eigenvalue weighted by atomic mass is 15.2. The molecule has 0 saturated heterocycles. The van der Waals surface area contributed by atoms with Gasteiger partial charge in [-0.2, -0.15) is 0 Å². The van der Waals surface area contributed by atoms with Crippen molar-refractivity contribution < 1.29 is 0 Å². The quantitative estimate of drug-likeness (QED) is 0.168. The van der Waals surface area contributed by atoms with E-state index < -0.39 is 0 Å². The van der Waals surface area contributed by atoms with E-state index in [1.54, 1.807) is 0 Å². The van der Waals surface area contributed by atoms with Gasteiger partial charge in [0.25, 0.3) is 0 Å². The molecule has 0 saturated carbocycles. The van der Waals surface area contributed by atoms with Crippen LogP contribution in [0.15, 0.2) is 152 Å². The van der Waals surface area contributed by atoms with Crippen LogP contribution in [0.3, 0.4) is 0 Å². The minimum Gasteiger partial charge on any atom is -0.311 e. The van der Waals surface area contributed by atoms with Crippen molar-refractivity contribution in [2.75, 3.05) is 4.90 Å². The van der Waals surface area contributed by atoms with E-state index in [2.05, 4.69) is 203 Å². The van der Waals surface area contributed by atoms with E-state index in [0.29, 0.717) is 0 Å². The van der Waals surface area contributed by atoms with Gasteiger partial charge in [-0.05, 0) is 98.6 Å². The summed E-state index contributed by atoms with van der Waals surface area (Å²) in [7, 11) is 0. The average Bonchev–Trinajstić information content (AvgIpc) is 3.68. The lowest BCUT2D eigenvalue weighted by atomic mass is 9.33. The molecular weight excluding hydrogens is 639 g/mol. The molecule has 0 fully saturated rings. The third-order valence-electron chi connectivity index (χ3n) is 11.7. The van der Waals surface area contributed by atoms with Crippen molar-refractivity contribution >= 4 is 78.3 Å². The zero-order valence-electron chi connectivity index (χ0n) is 31.4. The van der Waals surface area contributed by atoms with Gasteiger partial charge in [-0.25, -0.2) is 0 Å². The van der Waals surface area contributed by atoms with Crippen LogP contribution in [-0.4, -0.2) is 11.1 Å². The van der Waals surface area contributed by atoms with Gasteiger partial charge in [-0.3, -0.25) is 0 Å². The van der Waals surface area contributed by atoms with Crippen LogP contribution in [0.4, 0.5) is 17.1 Å². The molecule has 256 valence electrons. The van der Waals surface area contributed by atoms with E-state index in [1.807, 2.05) is 0 Å². The molecular formula is C50H43BN2. The van der Waals surface area contributed by atoms with E-state index in [4.69, 9.17) is 0 Å². The van der Waals surface area contributed by atoms with Crippen LogP contribution in [0.5, 0.6) is 0 Å². The van der Waals surface area contributed by atoms with Crippen LogP contribution in [0.1, 0.15) is 52.7 Å². The highest BCUT2D eigenvalue weighted by Gasteiger charge is 2.39. The Labute approximate surface area is 312 Å². The minimum atomic E-state index is -0.0275. The van der Waals surface area contributed by atoms with Crippen molar-refractivity contribution in [3.8, 4) is 11.1 Å². The first kappa shape index (κ1) is 31.9. The number of hydrogen-bond donors (Lipinski definition) is 0. The molecule has 0 aliphatic carbocycles. The lowest BCUT2D eigenvalue weighted by Crippen LogP contribution is -2.58. The van der Waals surface area contributed by atoms with Crippen molar-refractivity contribution in [3.63, 3.8) is 0 Å². The summed E-state index contributed by atoms with van der Waals surface area (Å²) in [6.45, 7) is 14.0. The van der Waals surface area contributed by atoms with Crippen molar-refractivity contribution in [2.45, 2.75) is 52.4 Å². The maximum Gasteiger partial charge on any atom is 0.248 e. The van der Waals surface area contributed by atoms with Gasteiger partial charge in [-0.15, -0.1) is 0 Å². The van der Waals surface area contributed by atoms with E-state index in [0.717, 1.165) is 0 Å². The Hall–Kier alpha value is -5.80. The Morgan fingerprint density at radius 2 is 1.08 bits per heavy atom. The molecule has 0 bridgehead atoms. The first-order valence-electron chi connectivity index (χ1n) is 19.0. The third-order valence-corrected chi connectivity index (χ3v) is 11.7. The smallest absolute Gasteiger partial charge is 0.248 e. The summed E-state index contributed by atoms with van der Waals surface area (Å²) in [5.41, 5.74) is 16.8. The first-order chi connectivity index (χ1) is 25.6. The second kappa shape index (κ2) is 11.4. The normalized spacial score (nSPS) is 13.4. The Bertz CT molecular complexity index is 2850. The van der Waals surface area contributed by atoms with Gasteiger partial charge in [0.2, 0.25) is 6.71 Å². The predicted molar refractivity (Wildman–Crippen MR) is 230 cm³/mol. The fourth-order valence-electron chi connectivity index (χ4n) is 9.07. The molecule has 3 heterocycles. The number of benzene rings is 7. The van der Waals surface area contributed by atoms with Crippen LogP contribution in [0.2, 0.25) is 0 Å². The molecule has 2 nitrogen and oxygen atoms in total. The highest BCUT2D eigenvalue weighted by molar-refractivity contribution is 7.00. The van der Waals surface area contributed by atoms with E-state index in [1.165, 1.54) is 93.8 Å². The number of fused-ring (bicyclic) bond motifs is 9. The molecule has 7 aromatic carbocycles. The summed E-state index contributed by atoms with van der Waals surface area (Å²) in [6, 6.07) is 56.9. The first-order valence-corrected chi connectivity index (χ1v) is 19.0. The molecule has 1 aliphatic heterocycles. The Morgan fingerprint density at radius 1 is 0.472 bits per heavy atom. The van der Waals surface area contributed by atoms with Gasteiger partial charge < -0.3 is 9.30 Å². The summed E-state index contributed by atoms with van der Waals surface area (Å²) in [5.74, 6) is 0.